The third-order valence-corrected chi connectivity index (χ3v) is 22.7. The second kappa shape index (κ2) is 59.7. The third-order valence-electron chi connectivity index (χ3n) is 18.3. The zero-order valence-electron chi connectivity index (χ0n) is 65.5. The largest absolute Gasteiger partial charge is 0.236 e. The second-order valence-electron chi connectivity index (χ2n) is 27.7. The molecule has 8 rings (SSSR count). The van der Waals surface area contributed by atoms with Gasteiger partial charge in [0.2, 0.25) is 0 Å². The summed E-state index contributed by atoms with van der Waals surface area (Å²) in [6.45, 7) is 18.0. The summed E-state index contributed by atoms with van der Waals surface area (Å²) in [5.41, 5.74) is 9.36. The molecule has 0 unspecified atom stereocenters. The van der Waals surface area contributed by atoms with E-state index in [2.05, 4.69) is 192 Å². The van der Waals surface area contributed by atoms with Crippen molar-refractivity contribution in [3.8, 4) is 45.6 Å². The van der Waals surface area contributed by atoms with Gasteiger partial charge in [0.25, 0.3) is 0 Å². The Bertz CT molecular complexity index is 3240. The van der Waals surface area contributed by atoms with Crippen LogP contribution in [0.2, 0.25) is 0 Å². The molecule has 0 fully saturated rings. The molecule has 0 saturated heterocycles. The number of rotatable bonds is 51. The molecule has 0 N–H and O–H groups in total. The molecule has 0 radical (unpaired) electrons. The van der Waals surface area contributed by atoms with Gasteiger partial charge in [0.1, 0.15) is 0 Å². The topological polar surface area (TPSA) is 103 Å². The van der Waals surface area contributed by atoms with Crippen LogP contribution in [-0.2, 0) is 25.7 Å². The van der Waals surface area contributed by atoms with E-state index >= 15 is 0 Å². The number of unbranched alkanes of at least 4 members (excludes halogenated alkanes) is 27. The summed E-state index contributed by atoms with van der Waals surface area (Å²) in [6.07, 6.45) is 66.7. The van der Waals surface area contributed by atoms with Crippen LogP contribution in [0.3, 0.4) is 0 Å². The summed E-state index contributed by atoms with van der Waals surface area (Å²) in [5.74, 6) is 8.18. The fourth-order valence-corrected chi connectivity index (χ4v) is 15.5. The third kappa shape index (κ3) is 40.8. The Morgan fingerprint density at radius 3 is 0.602 bits per heavy atom. The molecule has 4 aromatic carbocycles. The van der Waals surface area contributed by atoms with Gasteiger partial charge in [0.05, 0.1) is 0 Å². The number of nitrogens with zero attached hydrogens (tertiary/aromatic N) is 8. The first-order valence-electron chi connectivity index (χ1n) is 41.0. The van der Waals surface area contributed by atoms with Gasteiger partial charge < -0.3 is 0 Å². The SMILES string of the molecule is CCCCCCCCSc1ccc(-c2ncc(CCC)cn2)cc1.CCCCCCCCSc1ccc(-c2ncc(CCCC)cn2)cc1.CCCCCCCCSc1ccc(-c2ncc(CCCCC)cn2)cc1.CCCCCCCCSc1ccc(-c2ncc(CCCCCCC)cn2)cc1. The second-order valence-corrected chi connectivity index (χ2v) is 32.4. The number of aromatic nitrogens is 8. The summed E-state index contributed by atoms with van der Waals surface area (Å²) < 4.78 is 0. The van der Waals surface area contributed by atoms with Crippen molar-refractivity contribution in [2.24, 2.45) is 0 Å². The highest BCUT2D eigenvalue weighted by Gasteiger charge is 2.09. The number of hydrogen-bond donors (Lipinski definition) is 0. The molecule has 0 aliphatic heterocycles. The Labute approximate surface area is 645 Å². The van der Waals surface area contributed by atoms with Crippen LogP contribution in [0.4, 0.5) is 0 Å². The summed E-state index contributed by atoms with van der Waals surface area (Å²) in [7, 11) is 0. The van der Waals surface area contributed by atoms with Crippen LogP contribution in [0, 0.1) is 0 Å². The van der Waals surface area contributed by atoms with Gasteiger partial charge in [-0.2, -0.15) is 0 Å². The van der Waals surface area contributed by atoms with Crippen molar-refractivity contribution < 1.29 is 0 Å². The van der Waals surface area contributed by atoms with E-state index < -0.39 is 0 Å². The molecule has 0 saturated carbocycles. The smallest absolute Gasteiger partial charge is 0.159 e. The zero-order valence-corrected chi connectivity index (χ0v) is 68.7. The normalized spacial score (nSPS) is 11.0. The van der Waals surface area contributed by atoms with Crippen LogP contribution >= 0.6 is 47.0 Å². The van der Waals surface area contributed by atoms with Crippen molar-refractivity contribution in [3.63, 3.8) is 0 Å². The molecule has 0 atom stereocenters. The van der Waals surface area contributed by atoms with Crippen molar-refractivity contribution in [1.82, 2.24) is 39.9 Å². The molecule has 0 amide bonds. The lowest BCUT2D eigenvalue weighted by molar-refractivity contribution is 0.627. The lowest BCUT2D eigenvalue weighted by atomic mass is 10.1. The molecule has 0 bridgehead atoms. The van der Waals surface area contributed by atoms with Gasteiger partial charge in [-0.25, -0.2) is 39.9 Å². The van der Waals surface area contributed by atoms with Gasteiger partial charge in [0.15, 0.2) is 23.3 Å². The van der Waals surface area contributed by atoms with Crippen LogP contribution in [-0.4, -0.2) is 62.9 Å². The van der Waals surface area contributed by atoms with Crippen LogP contribution in [0.5, 0.6) is 0 Å². The molecule has 0 aliphatic carbocycles. The van der Waals surface area contributed by atoms with E-state index in [0.717, 1.165) is 77.7 Å². The first-order valence-corrected chi connectivity index (χ1v) is 44.9. The van der Waals surface area contributed by atoms with E-state index in [4.69, 9.17) is 0 Å². The van der Waals surface area contributed by atoms with Crippen LogP contribution in [0.25, 0.3) is 45.6 Å². The predicted molar refractivity (Wildman–Crippen MR) is 455 cm³/mol. The van der Waals surface area contributed by atoms with E-state index in [9.17, 15) is 0 Å². The number of benzene rings is 4. The summed E-state index contributed by atoms with van der Waals surface area (Å²) >= 11 is 7.84. The minimum Gasteiger partial charge on any atom is -0.236 e. The van der Waals surface area contributed by atoms with Gasteiger partial charge in [-0.3, -0.25) is 0 Å². The van der Waals surface area contributed by atoms with Gasteiger partial charge in [-0.15, -0.1) is 47.0 Å². The van der Waals surface area contributed by atoms with Crippen LogP contribution < -0.4 is 0 Å². The predicted octanol–water partition coefficient (Wildman–Crippen LogP) is 28.9. The number of thioether (sulfide) groups is 4. The average Bonchev–Trinajstić information content (AvgIpc) is 0.900. The molecular weight excluding hydrogens is 1330 g/mol. The first-order chi connectivity index (χ1) is 50.8. The Morgan fingerprint density at radius 1 is 0.184 bits per heavy atom. The fourth-order valence-electron chi connectivity index (χ4n) is 11.8. The molecule has 0 spiro atoms. The first kappa shape index (κ1) is 88.2. The van der Waals surface area contributed by atoms with Crippen LogP contribution in [0.1, 0.15) is 302 Å². The summed E-state index contributed by atoms with van der Waals surface area (Å²) in [6, 6.07) is 34.8. The van der Waals surface area contributed by atoms with Crippen molar-refractivity contribution in [3.05, 3.63) is 169 Å². The Kier molecular flexibility index (Phi) is 51.1. The minimum absolute atomic E-state index is 0.822. The lowest BCUT2D eigenvalue weighted by Gasteiger charge is -2.05. The minimum atomic E-state index is 0.822. The summed E-state index contributed by atoms with van der Waals surface area (Å²) in [4.78, 5) is 41.7. The maximum Gasteiger partial charge on any atom is 0.159 e. The van der Waals surface area contributed by atoms with Gasteiger partial charge in [0, 0.05) is 91.4 Å². The monoisotopic (exact) mass is 1470 g/mol. The molecule has 562 valence electrons. The molecule has 103 heavy (non-hydrogen) atoms. The van der Waals surface area contributed by atoms with Gasteiger partial charge in [-0.1, -0.05) is 284 Å². The van der Waals surface area contributed by atoms with Gasteiger partial charge >= 0.3 is 0 Å². The van der Waals surface area contributed by atoms with E-state index in [1.165, 1.54) is 283 Å². The molecular formula is C91H134N8S4. The summed E-state index contributed by atoms with van der Waals surface area (Å²) in [5, 5.41) is 0. The average molecular weight is 1470 g/mol. The number of aryl methyl sites for hydroxylation is 4. The molecule has 8 aromatic rings. The van der Waals surface area contributed by atoms with Crippen molar-refractivity contribution >= 4 is 47.0 Å². The lowest BCUT2D eigenvalue weighted by Crippen LogP contribution is -1.93. The molecule has 0 aliphatic rings. The maximum absolute atomic E-state index is 4.59. The number of hydrogen-bond acceptors (Lipinski definition) is 12. The quantitative estimate of drug-likeness (QED) is 0.0268. The standard InChI is InChI=1S/C25H38N2S.C23H34N2S.C22H32N2S.C21H30N2S/c1-3-5-7-9-11-13-19-28-24-17-15-23(16-18-24)25-26-20-22(21-27-25)14-12-10-8-6-4-2;1-3-5-7-8-9-11-17-26-22-15-13-21(14-16-22)23-24-18-20(19-25-23)12-10-6-4-2;1-3-5-7-8-9-10-16-25-21-14-12-20(13-15-21)22-23-17-19(18-24-22)11-6-4-2;1-3-5-6-7-8-9-15-24-20-13-11-19(12-14-20)21-22-16-18(10-4-2)17-23-21/h15-18,20-21H,3-14,19H2,1-2H3;13-16,18-19H,3-12,17H2,1-2H3;12-15,17-18H,3-11,16H2,1-2H3;11-14,16-17H,3-10,15H2,1-2H3. The fraction of sp³-hybridized carbons (Fsp3) is 0.560. The Morgan fingerprint density at radius 2 is 0.369 bits per heavy atom. The van der Waals surface area contributed by atoms with E-state index in [1.807, 2.05) is 96.6 Å². The van der Waals surface area contributed by atoms with Crippen molar-refractivity contribution in [1.29, 1.82) is 0 Å². The zero-order chi connectivity index (χ0) is 73.1. The van der Waals surface area contributed by atoms with Crippen molar-refractivity contribution in [2.45, 2.75) is 325 Å². The molecule has 4 heterocycles. The van der Waals surface area contributed by atoms with E-state index in [1.54, 1.807) is 0 Å². The highest BCUT2D eigenvalue weighted by Crippen LogP contribution is 2.29. The maximum atomic E-state index is 4.59. The molecule has 4 aromatic heterocycles. The van der Waals surface area contributed by atoms with Crippen molar-refractivity contribution in [2.75, 3.05) is 23.0 Å². The van der Waals surface area contributed by atoms with Gasteiger partial charge in [-0.05, 0) is 164 Å². The van der Waals surface area contributed by atoms with E-state index in [0.29, 0.717) is 0 Å². The molecule has 12 heteroatoms. The Balaban J connectivity index is 0.000000247. The molecule has 8 nitrogen and oxygen atoms in total. The highest BCUT2D eigenvalue weighted by molar-refractivity contribution is 8.00. The highest BCUT2D eigenvalue weighted by atomic mass is 32.2. The van der Waals surface area contributed by atoms with Crippen LogP contribution in [0.15, 0.2) is 166 Å². The van der Waals surface area contributed by atoms with E-state index in [-0.39, 0.29) is 0 Å². The Hall–Kier alpha value is -5.40.